The number of aromatic nitrogens is 5. The average molecular weight is 392 g/mol. The Hall–Kier alpha value is -3.88. The number of aromatic hydroxyl groups is 1. The van der Waals surface area contributed by atoms with Gasteiger partial charge in [0.15, 0.2) is 0 Å². The molecule has 3 N–H and O–H groups in total. The van der Waals surface area contributed by atoms with Gasteiger partial charge in [-0.15, -0.1) is 0 Å². The Morgan fingerprint density at radius 1 is 1.21 bits per heavy atom. The minimum Gasteiger partial charge on any atom is -0.508 e. The monoisotopic (exact) mass is 392 g/mol. The lowest BCUT2D eigenvalue weighted by atomic mass is 10.1. The molecule has 0 saturated heterocycles. The molecule has 0 saturated carbocycles. The lowest BCUT2D eigenvalue weighted by molar-refractivity contribution is -0.122. The molecule has 0 fully saturated rings. The van der Waals surface area contributed by atoms with Crippen LogP contribution in [-0.4, -0.2) is 35.3 Å². The fraction of sp³-hybridized carbons (Fsp3) is 0.200. The number of hydrogen-bond donors (Lipinski definition) is 3. The van der Waals surface area contributed by atoms with Gasteiger partial charge in [0.05, 0.1) is 17.1 Å². The predicted molar refractivity (Wildman–Crippen MR) is 106 cm³/mol. The third-order valence-electron chi connectivity index (χ3n) is 4.63. The molecule has 9 heteroatoms. The quantitative estimate of drug-likeness (QED) is 0.457. The number of aryl methyl sites for hydroxylation is 1. The largest absolute Gasteiger partial charge is 0.508 e. The van der Waals surface area contributed by atoms with E-state index >= 15 is 0 Å². The van der Waals surface area contributed by atoms with E-state index in [2.05, 4.69) is 20.4 Å². The number of amides is 1. The van der Waals surface area contributed by atoms with Crippen LogP contribution in [0.5, 0.6) is 5.75 Å². The van der Waals surface area contributed by atoms with Gasteiger partial charge in [-0.25, -0.2) is 14.5 Å². The summed E-state index contributed by atoms with van der Waals surface area (Å²) in [6.45, 7) is -0.189. The Morgan fingerprint density at radius 3 is 2.66 bits per heavy atom. The molecule has 0 radical (unpaired) electrons. The van der Waals surface area contributed by atoms with Crippen LogP contribution >= 0.6 is 0 Å². The summed E-state index contributed by atoms with van der Waals surface area (Å²) in [5.41, 5.74) is 2.23. The van der Waals surface area contributed by atoms with Crippen LogP contribution in [-0.2, 0) is 24.8 Å². The fourth-order valence-electron chi connectivity index (χ4n) is 3.13. The third-order valence-corrected chi connectivity index (χ3v) is 4.63. The molecule has 0 aliphatic carbocycles. The minimum atomic E-state index is -0.446. The first-order valence-corrected chi connectivity index (χ1v) is 9.10. The SMILES string of the molecule is Cn1cnn(CC(=O)NC(Cc2ccc(O)cc2)c2nc3ccccc3[nH]2)c1=O. The number of phenols is 1. The first-order valence-electron chi connectivity index (χ1n) is 9.10. The van der Waals surface area contributed by atoms with Crippen molar-refractivity contribution in [2.24, 2.45) is 7.05 Å². The van der Waals surface area contributed by atoms with Crippen LogP contribution in [0.2, 0.25) is 0 Å². The molecule has 1 atom stereocenters. The number of carbonyl (C=O) groups excluding carboxylic acids is 1. The second kappa shape index (κ2) is 7.63. The first-order chi connectivity index (χ1) is 14.0. The normalized spacial score (nSPS) is 12.2. The van der Waals surface area contributed by atoms with Crippen molar-refractivity contribution in [1.82, 2.24) is 29.6 Å². The number of rotatable bonds is 6. The van der Waals surface area contributed by atoms with Crippen molar-refractivity contribution < 1.29 is 9.90 Å². The molecule has 0 bridgehead atoms. The Labute approximate surface area is 165 Å². The zero-order chi connectivity index (χ0) is 20.4. The second-order valence-corrected chi connectivity index (χ2v) is 6.81. The number of hydrogen-bond acceptors (Lipinski definition) is 5. The maximum absolute atomic E-state index is 12.6. The number of aromatic amines is 1. The van der Waals surface area contributed by atoms with Crippen LogP contribution in [0.4, 0.5) is 0 Å². The van der Waals surface area contributed by atoms with Crippen molar-refractivity contribution >= 4 is 16.9 Å². The Kier molecular flexibility index (Phi) is 4.86. The lowest BCUT2D eigenvalue weighted by Gasteiger charge is -2.17. The summed E-state index contributed by atoms with van der Waals surface area (Å²) >= 11 is 0. The number of imidazole rings is 1. The number of phenolic OH excluding ortho intramolecular Hbond substituents is 1. The molecule has 0 aliphatic rings. The van der Waals surface area contributed by atoms with E-state index in [4.69, 9.17) is 0 Å². The van der Waals surface area contributed by atoms with E-state index in [1.54, 1.807) is 31.3 Å². The maximum Gasteiger partial charge on any atom is 0.345 e. The van der Waals surface area contributed by atoms with E-state index in [1.165, 1.54) is 10.9 Å². The molecule has 2 heterocycles. The molecule has 148 valence electrons. The van der Waals surface area contributed by atoms with Crippen LogP contribution in [0.3, 0.4) is 0 Å². The molecule has 0 spiro atoms. The predicted octanol–water partition coefficient (Wildman–Crippen LogP) is 1.26. The molecule has 2 aromatic heterocycles. The molecular formula is C20H20N6O3. The van der Waals surface area contributed by atoms with Crippen LogP contribution in [0.25, 0.3) is 11.0 Å². The van der Waals surface area contributed by atoms with Gasteiger partial charge in [-0.1, -0.05) is 24.3 Å². The zero-order valence-electron chi connectivity index (χ0n) is 15.7. The van der Waals surface area contributed by atoms with Crippen LogP contribution in [0.15, 0.2) is 59.7 Å². The van der Waals surface area contributed by atoms with Gasteiger partial charge in [-0.2, -0.15) is 5.10 Å². The van der Waals surface area contributed by atoms with E-state index in [1.807, 2.05) is 24.3 Å². The van der Waals surface area contributed by atoms with Gasteiger partial charge < -0.3 is 15.4 Å². The highest BCUT2D eigenvalue weighted by Gasteiger charge is 2.20. The van der Waals surface area contributed by atoms with Crippen molar-refractivity contribution in [3.63, 3.8) is 0 Å². The summed E-state index contributed by atoms with van der Waals surface area (Å²) in [4.78, 5) is 32.4. The summed E-state index contributed by atoms with van der Waals surface area (Å²) in [5, 5.41) is 16.4. The highest BCUT2D eigenvalue weighted by Crippen LogP contribution is 2.21. The molecular weight excluding hydrogens is 372 g/mol. The molecule has 29 heavy (non-hydrogen) atoms. The molecule has 0 aliphatic heterocycles. The van der Waals surface area contributed by atoms with E-state index in [-0.39, 0.29) is 23.9 Å². The third kappa shape index (κ3) is 4.03. The molecule has 4 aromatic rings. The van der Waals surface area contributed by atoms with Crippen LogP contribution in [0.1, 0.15) is 17.4 Å². The van der Waals surface area contributed by atoms with Gasteiger partial charge in [0.2, 0.25) is 5.91 Å². The number of H-pyrrole nitrogens is 1. The summed E-state index contributed by atoms with van der Waals surface area (Å²) in [6, 6.07) is 13.9. The number of carbonyl (C=O) groups is 1. The number of fused-ring (bicyclic) bond motifs is 1. The second-order valence-electron chi connectivity index (χ2n) is 6.81. The average Bonchev–Trinajstić information content (AvgIpc) is 3.28. The van der Waals surface area contributed by atoms with Gasteiger partial charge in [0, 0.05) is 7.05 Å². The van der Waals surface area contributed by atoms with Crippen molar-refractivity contribution in [2.45, 2.75) is 19.0 Å². The van der Waals surface area contributed by atoms with Gasteiger partial charge >= 0.3 is 5.69 Å². The maximum atomic E-state index is 12.6. The minimum absolute atomic E-state index is 0.174. The Balaban J connectivity index is 1.60. The molecule has 1 amide bonds. The summed E-state index contributed by atoms with van der Waals surface area (Å²) in [7, 11) is 1.58. The summed E-state index contributed by atoms with van der Waals surface area (Å²) in [6.07, 6.45) is 1.83. The highest BCUT2D eigenvalue weighted by molar-refractivity contribution is 5.77. The fourth-order valence-corrected chi connectivity index (χ4v) is 3.13. The molecule has 9 nitrogen and oxygen atoms in total. The Bertz CT molecular complexity index is 1170. The van der Waals surface area contributed by atoms with Gasteiger partial charge in [0.1, 0.15) is 24.4 Å². The lowest BCUT2D eigenvalue weighted by Crippen LogP contribution is -2.36. The smallest absolute Gasteiger partial charge is 0.345 e. The number of para-hydroxylation sites is 2. The number of nitrogens with one attached hydrogen (secondary N) is 2. The van der Waals surface area contributed by atoms with E-state index in [0.717, 1.165) is 21.3 Å². The number of benzene rings is 2. The van der Waals surface area contributed by atoms with E-state index in [9.17, 15) is 14.7 Å². The van der Waals surface area contributed by atoms with Crippen LogP contribution < -0.4 is 11.0 Å². The topological polar surface area (TPSA) is 118 Å². The van der Waals surface area contributed by atoms with Crippen molar-refractivity contribution in [2.75, 3.05) is 0 Å². The van der Waals surface area contributed by atoms with Crippen LogP contribution in [0, 0.1) is 0 Å². The molecule has 2 aromatic carbocycles. The van der Waals surface area contributed by atoms with Crippen molar-refractivity contribution in [1.29, 1.82) is 0 Å². The molecule has 4 rings (SSSR count). The van der Waals surface area contributed by atoms with Crippen molar-refractivity contribution in [3.8, 4) is 5.75 Å². The highest BCUT2D eigenvalue weighted by atomic mass is 16.3. The van der Waals surface area contributed by atoms with E-state index < -0.39 is 6.04 Å². The summed E-state index contributed by atoms with van der Waals surface area (Å²) in [5.74, 6) is 0.434. The number of nitrogens with zero attached hydrogens (tertiary/aromatic N) is 4. The first kappa shape index (κ1) is 18.5. The standard InChI is InChI=1S/C20H20N6O3/c1-25-12-21-26(20(25)29)11-18(28)22-17(10-13-6-8-14(27)9-7-13)19-23-15-4-2-3-5-16(15)24-19/h2-9,12,17,27H,10-11H2,1H3,(H,22,28)(H,23,24). The van der Waals surface area contributed by atoms with Crippen molar-refractivity contribution in [3.05, 3.63) is 76.7 Å². The van der Waals surface area contributed by atoms with Gasteiger partial charge in [-0.3, -0.25) is 9.36 Å². The van der Waals surface area contributed by atoms with Gasteiger partial charge in [-0.05, 0) is 36.2 Å². The summed E-state index contributed by atoms with van der Waals surface area (Å²) < 4.78 is 2.41. The Morgan fingerprint density at radius 2 is 1.97 bits per heavy atom. The van der Waals surface area contributed by atoms with E-state index in [0.29, 0.717) is 12.2 Å². The zero-order valence-corrected chi connectivity index (χ0v) is 15.7. The molecule has 1 unspecified atom stereocenters. The van der Waals surface area contributed by atoms with Gasteiger partial charge in [0.25, 0.3) is 0 Å².